The molecule has 5 aliphatic carbocycles. The first-order valence-electron chi connectivity index (χ1n) is 18.5. The van der Waals surface area contributed by atoms with Gasteiger partial charge in [0.2, 0.25) is 0 Å². The molecule has 0 amide bonds. The Morgan fingerprint density at radius 1 is 0.744 bits per heavy atom. The van der Waals surface area contributed by atoms with Crippen LogP contribution in [0.25, 0.3) is 0 Å². The molecule has 6 heteroatoms. The second-order valence-corrected chi connectivity index (χ2v) is 16.4. The molecule has 6 fully saturated rings. The summed E-state index contributed by atoms with van der Waals surface area (Å²) in [7, 11) is 0. The second kappa shape index (κ2) is 14.5. The van der Waals surface area contributed by atoms with Crippen molar-refractivity contribution in [3.63, 3.8) is 0 Å². The maximum Gasteiger partial charge on any atom is 0.311 e. The highest BCUT2D eigenvalue weighted by Crippen LogP contribution is 2.49. The van der Waals surface area contributed by atoms with Crippen LogP contribution >= 0.6 is 0 Å². The van der Waals surface area contributed by atoms with Gasteiger partial charge in [-0.3, -0.25) is 9.59 Å². The lowest BCUT2D eigenvalue weighted by Gasteiger charge is -2.43. The Balaban J connectivity index is 1.01. The van der Waals surface area contributed by atoms with Gasteiger partial charge in [-0.15, -0.1) is 0 Å². The van der Waals surface area contributed by atoms with Gasteiger partial charge in [0.05, 0.1) is 5.41 Å². The number of carbonyl (C=O) groups is 2. The zero-order valence-corrected chi connectivity index (χ0v) is 27.3. The van der Waals surface area contributed by atoms with Crippen LogP contribution in [0.5, 0.6) is 0 Å². The minimum atomic E-state index is -0.399. The molecule has 1 saturated heterocycles. The van der Waals surface area contributed by atoms with Crippen LogP contribution in [-0.4, -0.2) is 43.7 Å². The molecule has 8 unspecified atom stereocenters. The van der Waals surface area contributed by atoms with Gasteiger partial charge in [-0.2, -0.15) is 0 Å². The molecule has 0 aromatic rings. The van der Waals surface area contributed by atoms with Gasteiger partial charge in [-0.05, 0) is 93.8 Å². The molecule has 0 spiro atoms. The van der Waals surface area contributed by atoms with E-state index in [0.29, 0.717) is 30.1 Å². The average Bonchev–Trinajstić information content (AvgIpc) is 3.41. The van der Waals surface area contributed by atoms with Crippen LogP contribution in [0, 0.1) is 46.8 Å². The van der Waals surface area contributed by atoms with Crippen LogP contribution in [0.2, 0.25) is 0 Å². The van der Waals surface area contributed by atoms with Gasteiger partial charge in [0, 0.05) is 12.3 Å². The smallest absolute Gasteiger partial charge is 0.311 e. The third-order valence-electron chi connectivity index (χ3n) is 12.5. The standard InChI is InChI=1S/C37H60O6/c1-25(16-26-8-4-3-5-9-26)14-15-34(38)40-23-32-33(43-35(42-32)31-19-27-10-6-11-28(17-27)20-31)24-41-36(39)37(2)21-29-12-7-13-30(18-29)22-37/h25-33,35H,3-24H2,1-2H3. The predicted molar refractivity (Wildman–Crippen MR) is 166 cm³/mol. The van der Waals surface area contributed by atoms with Crippen LogP contribution in [0.1, 0.15) is 142 Å². The normalized spacial score (nSPS) is 40.5. The van der Waals surface area contributed by atoms with Crippen LogP contribution in [0.4, 0.5) is 0 Å². The first-order chi connectivity index (χ1) is 20.8. The molecule has 43 heavy (non-hydrogen) atoms. The summed E-state index contributed by atoms with van der Waals surface area (Å²) in [5, 5.41) is 0. The minimum Gasteiger partial charge on any atom is -0.463 e. The Morgan fingerprint density at radius 3 is 1.98 bits per heavy atom. The van der Waals surface area contributed by atoms with E-state index >= 15 is 0 Å². The molecular weight excluding hydrogens is 540 g/mol. The Labute approximate surface area is 261 Å². The van der Waals surface area contributed by atoms with Crippen LogP contribution in [0.15, 0.2) is 0 Å². The number of carbonyl (C=O) groups excluding carboxylic acids is 2. The second-order valence-electron chi connectivity index (χ2n) is 16.4. The Kier molecular flexibility index (Phi) is 10.7. The number of rotatable bonds is 11. The summed E-state index contributed by atoms with van der Waals surface area (Å²) in [6.45, 7) is 4.75. The van der Waals surface area contributed by atoms with Gasteiger partial charge < -0.3 is 18.9 Å². The predicted octanol–water partition coefficient (Wildman–Crippen LogP) is 8.39. The van der Waals surface area contributed by atoms with Crippen LogP contribution in [-0.2, 0) is 28.5 Å². The zero-order chi connectivity index (χ0) is 29.8. The highest BCUT2D eigenvalue weighted by molar-refractivity contribution is 5.76. The third kappa shape index (κ3) is 8.37. The lowest BCUT2D eigenvalue weighted by atomic mass is 9.61. The SMILES string of the molecule is CC(CCC(=O)OCC1OC(C2CC3CCCC(C3)C2)OC1COC(=O)C1(C)CC2CCCC(C2)C1)CC1CCCCC1. The molecular formula is C37H60O6. The summed E-state index contributed by atoms with van der Waals surface area (Å²) in [5.74, 6) is 4.39. The van der Waals surface area contributed by atoms with Crippen molar-refractivity contribution in [3.05, 3.63) is 0 Å². The van der Waals surface area contributed by atoms with Crippen molar-refractivity contribution in [1.29, 1.82) is 0 Å². The largest absolute Gasteiger partial charge is 0.463 e. The number of hydrogen-bond donors (Lipinski definition) is 0. The fraction of sp³-hybridized carbons (Fsp3) is 0.946. The van der Waals surface area contributed by atoms with E-state index in [0.717, 1.165) is 49.9 Å². The highest BCUT2D eigenvalue weighted by Gasteiger charge is 2.47. The molecule has 6 aliphatic rings. The number of hydrogen-bond acceptors (Lipinski definition) is 6. The Hall–Kier alpha value is -1.14. The fourth-order valence-corrected chi connectivity index (χ4v) is 10.4. The minimum absolute atomic E-state index is 0.0777. The van der Waals surface area contributed by atoms with E-state index in [2.05, 4.69) is 13.8 Å². The first kappa shape index (κ1) is 31.8. The molecule has 0 aromatic heterocycles. The summed E-state index contributed by atoms with van der Waals surface area (Å²) in [4.78, 5) is 26.3. The van der Waals surface area contributed by atoms with Gasteiger partial charge in [0.15, 0.2) is 6.29 Å². The highest BCUT2D eigenvalue weighted by atomic mass is 16.7. The maximum absolute atomic E-state index is 13.5. The molecule has 1 heterocycles. The molecule has 0 radical (unpaired) electrons. The maximum atomic E-state index is 13.5. The molecule has 6 rings (SSSR count). The summed E-state index contributed by atoms with van der Waals surface area (Å²) in [6, 6.07) is 0. The summed E-state index contributed by atoms with van der Waals surface area (Å²) in [5.41, 5.74) is -0.399. The molecule has 8 atom stereocenters. The van der Waals surface area contributed by atoms with Crippen LogP contribution in [0.3, 0.4) is 0 Å². The fourth-order valence-electron chi connectivity index (χ4n) is 10.4. The quantitative estimate of drug-likeness (QED) is 0.222. The summed E-state index contributed by atoms with van der Waals surface area (Å²) in [6.07, 6.45) is 22.9. The first-order valence-corrected chi connectivity index (χ1v) is 18.5. The molecule has 6 nitrogen and oxygen atoms in total. The van der Waals surface area contributed by atoms with E-state index in [1.807, 2.05) is 0 Å². The van der Waals surface area contributed by atoms with Gasteiger partial charge in [-0.1, -0.05) is 77.6 Å². The van der Waals surface area contributed by atoms with Crippen molar-refractivity contribution in [3.8, 4) is 0 Å². The van der Waals surface area contributed by atoms with Crippen molar-refractivity contribution in [2.24, 2.45) is 46.8 Å². The monoisotopic (exact) mass is 600 g/mol. The van der Waals surface area contributed by atoms with Crippen molar-refractivity contribution in [1.82, 2.24) is 0 Å². The van der Waals surface area contributed by atoms with Crippen molar-refractivity contribution >= 4 is 11.9 Å². The van der Waals surface area contributed by atoms with Gasteiger partial charge in [0.25, 0.3) is 0 Å². The van der Waals surface area contributed by atoms with E-state index in [4.69, 9.17) is 18.9 Å². The lowest BCUT2D eigenvalue weighted by molar-refractivity contribution is -0.166. The molecule has 0 N–H and O–H groups in total. The Morgan fingerprint density at radius 2 is 1.33 bits per heavy atom. The number of ether oxygens (including phenoxy) is 4. The van der Waals surface area contributed by atoms with Crippen LogP contribution < -0.4 is 0 Å². The molecule has 5 saturated carbocycles. The molecule has 244 valence electrons. The van der Waals surface area contributed by atoms with Crippen molar-refractivity contribution in [2.75, 3.05) is 13.2 Å². The number of esters is 2. The average molecular weight is 601 g/mol. The van der Waals surface area contributed by atoms with E-state index < -0.39 is 5.41 Å². The van der Waals surface area contributed by atoms with E-state index in [1.54, 1.807) is 0 Å². The molecule has 4 bridgehead atoms. The van der Waals surface area contributed by atoms with Crippen molar-refractivity contribution < 1.29 is 28.5 Å². The topological polar surface area (TPSA) is 71.1 Å². The van der Waals surface area contributed by atoms with Gasteiger partial charge >= 0.3 is 11.9 Å². The van der Waals surface area contributed by atoms with E-state index in [-0.39, 0.29) is 43.7 Å². The van der Waals surface area contributed by atoms with Crippen molar-refractivity contribution in [2.45, 2.75) is 161 Å². The number of fused-ring (bicyclic) bond motifs is 4. The van der Waals surface area contributed by atoms with Gasteiger partial charge in [0.1, 0.15) is 25.4 Å². The van der Waals surface area contributed by atoms with Gasteiger partial charge in [-0.25, -0.2) is 0 Å². The zero-order valence-electron chi connectivity index (χ0n) is 27.3. The molecule has 0 aromatic carbocycles. The van der Waals surface area contributed by atoms with E-state index in [9.17, 15) is 9.59 Å². The third-order valence-corrected chi connectivity index (χ3v) is 12.5. The molecule has 1 aliphatic heterocycles. The Bertz CT molecular complexity index is 904. The lowest BCUT2D eigenvalue weighted by Crippen LogP contribution is -2.42. The van der Waals surface area contributed by atoms with E-state index in [1.165, 1.54) is 89.9 Å². The summed E-state index contributed by atoms with van der Waals surface area (Å²) >= 11 is 0. The summed E-state index contributed by atoms with van der Waals surface area (Å²) < 4.78 is 24.9.